The second kappa shape index (κ2) is 6.17. The first-order valence-corrected chi connectivity index (χ1v) is 7.34. The van der Waals surface area contributed by atoms with Crippen molar-refractivity contribution in [3.05, 3.63) is 28.7 Å². The predicted octanol–water partition coefficient (Wildman–Crippen LogP) is 2.02. The highest BCUT2D eigenvalue weighted by atomic mass is 32.1. The number of aromatic nitrogens is 4. The van der Waals surface area contributed by atoms with E-state index in [1.165, 1.54) is 0 Å². The van der Waals surface area contributed by atoms with E-state index in [9.17, 15) is 0 Å². The van der Waals surface area contributed by atoms with E-state index in [1.54, 1.807) is 4.68 Å². The fourth-order valence-corrected chi connectivity index (χ4v) is 2.60. The second-order valence-electron chi connectivity index (χ2n) is 4.85. The van der Waals surface area contributed by atoms with Gasteiger partial charge < -0.3 is 11.1 Å². The smallest absolute Gasteiger partial charge is 0.163 e. The van der Waals surface area contributed by atoms with Gasteiger partial charge in [0, 0.05) is 13.2 Å². The molecule has 0 amide bonds. The second-order valence-corrected chi connectivity index (χ2v) is 5.29. The molecule has 0 unspecified atom stereocenters. The van der Waals surface area contributed by atoms with E-state index in [2.05, 4.69) is 27.5 Å². The van der Waals surface area contributed by atoms with Gasteiger partial charge in [-0.05, 0) is 25.3 Å². The van der Waals surface area contributed by atoms with Gasteiger partial charge in [-0.3, -0.25) is 4.68 Å². The molecule has 0 spiro atoms. The maximum Gasteiger partial charge on any atom is 0.163 e. The van der Waals surface area contributed by atoms with Crippen LogP contribution in [0.4, 0.5) is 11.5 Å². The minimum Gasteiger partial charge on any atom is -0.389 e. The molecule has 21 heavy (non-hydrogen) atoms. The van der Waals surface area contributed by atoms with Gasteiger partial charge in [0.2, 0.25) is 0 Å². The fraction of sp³-hybridized carbons (Fsp3) is 0.429. The summed E-state index contributed by atoms with van der Waals surface area (Å²) in [6, 6.07) is 0. The van der Waals surface area contributed by atoms with Gasteiger partial charge in [-0.1, -0.05) is 26.1 Å². The number of nitrogens with two attached hydrogens (primary N) is 1. The number of rotatable bonds is 5. The molecule has 0 aliphatic rings. The summed E-state index contributed by atoms with van der Waals surface area (Å²) in [5, 5.41) is 16.1. The first-order valence-electron chi connectivity index (χ1n) is 6.93. The standard InChI is InChI=1S/C14H20N6S/c1-5-9-10(6-2)17-18-14(12(9)13(15)21)16-11-7-20(4)19-8(11)3/h7H,5-6H2,1-4H3,(H2,15,21)(H,16,18). The topological polar surface area (TPSA) is 81.7 Å². The molecule has 0 fully saturated rings. The number of nitrogens with one attached hydrogen (secondary N) is 1. The average Bonchev–Trinajstić information content (AvgIpc) is 2.75. The Morgan fingerprint density at radius 1 is 1.33 bits per heavy atom. The number of hydrogen-bond donors (Lipinski definition) is 2. The summed E-state index contributed by atoms with van der Waals surface area (Å²) in [5.74, 6) is 0.590. The summed E-state index contributed by atoms with van der Waals surface area (Å²) < 4.78 is 1.74. The lowest BCUT2D eigenvalue weighted by atomic mass is 10.0. The van der Waals surface area contributed by atoms with Gasteiger partial charge in [0.05, 0.1) is 22.6 Å². The number of hydrogen-bond acceptors (Lipinski definition) is 5. The number of thiocarbonyl (C=S) groups is 1. The van der Waals surface area contributed by atoms with Gasteiger partial charge in [0.25, 0.3) is 0 Å². The summed E-state index contributed by atoms with van der Waals surface area (Å²) in [7, 11) is 1.87. The molecule has 2 rings (SSSR count). The van der Waals surface area contributed by atoms with Crippen LogP contribution in [0.3, 0.4) is 0 Å². The first-order chi connectivity index (χ1) is 9.97. The molecule has 0 aromatic carbocycles. The molecule has 0 aliphatic heterocycles. The van der Waals surface area contributed by atoms with E-state index in [0.717, 1.165) is 41.0 Å². The molecule has 0 atom stereocenters. The van der Waals surface area contributed by atoms with Crippen LogP contribution < -0.4 is 11.1 Å². The van der Waals surface area contributed by atoms with Crippen LogP contribution in [-0.4, -0.2) is 25.0 Å². The van der Waals surface area contributed by atoms with E-state index in [1.807, 2.05) is 27.1 Å². The SMILES string of the molecule is CCc1nnc(Nc2cn(C)nc2C)c(C(N)=S)c1CC. The molecule has 2 aromatic heterocycles. The van der Waals surface area contributed by atoms with Crippen LogP contribution in [0, 0.1) is 6.92 Å². The average molecular weight is 304 g/mol. The largest absolute Gasteiger partial charge is 0.389 e. The van der Waals surface area contributed by atoms with Gasteiger partial charge in [-0.15, -0.1) is 5.10 Å². The molecule has 2 aromatic rings. The Bertz CT molecular complexity index is 676. The predicted molar refractivity (Wildman–Crippen MR) is 87.9 cm³/mol. The molecule has 7 heteroatoms. The monoisotopic (exact) mass is 304 g/mol. The van der Waals surface area contributed by atoms with Crippen LogP contribution in [-0.2, 0) is 19.9 Å². The normalized spacial score (nSPS) is 10.7. The van der Waals surface area contributed by atoms with Crippen molar-refractivity contribution in [1.29, 1.82) is 0 Å². The van der Waals surface area contributed by atoms with E-state index < -0.39 is 0 Å². The molecule has 0 saturated heterocycles. The zero-order valence-electron chi connectivity index (χ0n) is 12.8. The van der Waals surface area contributed by atoms with E-state index >= 15 is 0 Å². The van der Waals surface area contributed by atoms with Crippen molar-refractivity contribution in [1.82, 2.24) is 20.0 Å². The molecule has 2 heterocycles. The molecule has 0 bridgehead atoms. The van der Waals surface area contributed by atoms with Crippen molar-refractivity contribution in [2.75, 3.05) is 5.32 Å². The Morgan fingerprint density at radius 3 is 2.52 bits per heavy atom. The lowest BCUT2D eigenvalue weighted by molar-refractivity contribution is 0.756. The minimum absolute atomic E-state index is 0.334. The van der Waals surface area contributed by atoms with Crippen LogP contribution in [0.15, 0.2) is 6.20 Å². The zero-order chi connectivity index (χ0) is 15.6. The lowest BCUT2D eigenvalue weighted by Gasteiger charge is -2.15. The first kappa shape index (κ1) is 15.4. The molecular formula is C14H20N6S. The van der Waals surface area contributed by atoms with Gasteiger partial charge in [-0.2, -0.15) is 10.2 Å². The summed E-state index contributed by atoms with van der Waals surface area (Å²) in [6.07, 6.45) is 3.50. The van der Waals surface area contributed by atoms with Gasteiger partial charge in [-0.25, -0.2) is 0 Å². The van der Waals surface area contributed by atoms with Crippen molar-refractivity contribution in [3.8, 4) is 0 Å². The lowest BCUT2D eigenvalue weighted by Crippen LogP contribution is -2.18. The summed E-state index contributed by atoms with van der Waals surface area (Å²) in [5.41, 5.74) is 10.4. The maximum absolute atomic E-state index is 5.91. The third kappa shape index (κ3) is 3.02. The Kier molecular flexibility index (Phi) is 4.52. The van der Waals surface area contributed by atoms with Crippen LogP contribution in [0.5, 0.6) is 0 Å². The minimum atomic E-state index is 0.334. The van der Waals surface area contributed by atoms with Crippen LogP contribution in [0.25, 0.3) is 0 Å². The maximum atomic E-state index is 5.91. The molecule has 6 nitrogen and oxygen atoms in total. The van der Waals surface area contributed by atoms with E-state index in [-0.39, 0.29) is 0 Å². The van der Waals surface area contributed by atoms with Gasteiger partial charge >= 0.3 is 0 Å². The molecule has 3 N–H and O–H groups in total. The fourth-order valence-electron chi connectivity index (χ4n) is 2.38. The highest BCUT2D eigenvalue weighted by Gasteiger charge is 2.17. The van der Waals surface area contributed by atoms with Crippen molar-refractivity contribution in [2.45, 2.75) is 33.6 Å². The number of aryl methyl sites for hydroxylation is 3. The van der Waals surface area contributed by atoms with Crippen molar-refractivity contribution in [2.24, 2.45) is 12.8 Å². The third-order valence-electron chi connectivity index (χ3n) is 3.36. The summed E-state index contributed by atoms with van der Waals surface area (Å²) in [6.45, 7) is 6.04. The number of nitrogens with zero attached hydrogens (tertiary/aromatic N) is 4. The van der Waals surface area contributed by atoms with E-state index in [0.29, 0.717) is 10.8 Å². The van der Waals surface area contributed by atoms with Crippen molar-refractivity contribution in [3.63, 3.8) is 0 Å². The zero-order valence-corrected chi connectivity index (χ0v) is 13.6. The molecule has 0 radical (unpaired) electrons. The van der Waals surface area contributed by atoms with E-state index in [4.69, 9.17) is 18.0 Å². The van der Waals surface area contributed by atoms with Gasteiger partial charge in [0.1, 0.15) is 4.99 Å². The third-order valence-corrected chi connectivity index (χ3v) is 3.56. The molecular weight excluding hydrogens is 284 g/mol. The molecule has 0 aliphatic carbocycles. The van der Waals surface area contributed by atoms with Crippen LogP contribution >= 0.6 is 12.2 Å². The number of anilines is 2. The van der Waals surface area contributed by atoms with Crippen molar-refractivity contribution >= 4 is 28.7 Å². The highest BCUT2D eigenvalue weighted by Crippen LogP contribution is 2.25. The summed E-state index contributed by atoms with van der Waals surface area (Å²) >= 11 is 5.21. The van der Waals surface area contributed by atoms with Crippen LogP contribution in [0.1, 0.15) is 36.4 Å². The Balaban J connectivity index is 2.53. The highest BCUT2D eigenvalue weighted by molar-refractivity contribution is 7.80. The summed E-state index contributed by atoms with van der Waals surface area (Å²) in [4.78, 5) is 0.334. The molecule has 0 saturated carbocycles. The Morgan fingerprint density at radius 2 is 2.05 bits per heavy atom. The Hall–Kier alpha value is -2.02. The Labute approximate surface area is 129 Å². The molecule has 112 valence electrons. The van der Waals surface area contributed by atoms with Gasteiger partial charge in [0.15, 0.2) is 5.82 Å². The quantitative estimate of drug-likeness (QED) is 0.823. The van der Waals surface area contributed by atoms with Crippen LogP contribution in [0.2, 0.25) is 0 Å². The van der Waals surface area contributed by atoms with Crippen molar-refractivity contribution < 1.29 is 0 Å².